The van der Waals surface area contributed by atoms with Crippen LogP contribution in [0.3, 0.4) is 0 Å². The first-order valence-electron chi connectivity index (χ1n) is 10.9. The van der Waals surface area contributed by atoms with Gasteiger partial charge in [-0.3, -0.25) is 4.79 Å². The van der Waals surface area contributed by atoms with Crippen LogP contribution >= 0.6 is 11.6 Å². The second kappa shape index (κ2) is 17.2. The third-order valence-electron chi connectivity index (χ3n) is 4.11. The summed E-state index contributed by atoms with van der Waals surface area (Å²) in [5, 5.41) is 3.13. The fourth-order valence-electron chi connectivity index (χ4n) is 2.73. The number of hydrogen-bond donors (Lipinski definition) is 1. The molecule has 1 aliphatic rings. The van der Waals surface area contributed by atoms with Gasteiger partial charge in [0.25, 0.3) is 0 Å². The molecule has 6 heteroatoms. The summed E-state index contributed by atoms with van der Waals surface area (Å²) in [4.78, 5) is 25.0. The van der Waals surface area contributed by atoms with E-state index in [9.17, 15) is 9.59 Å². The molecule has 1 aliphatic carbocycles. The normalized spacial score (nSPS) is 13.3. The third kappa shape index (κ3) is 10.4. The van der Waals surface area contributed by atoms with Crippen LogP contribution in [0.1, 0.15) is 53.0 Å². The Morgan fingerprint density at radius 1 is 1.10 bits per heavy atom. The van der Waals surface area contributed by atoms with Gasteiger partial charge in [0.2, 0.25) is 0 Å². The van der Waals surface area contributed by atoms with E-state index >= 15 is 0 Å². The molecule has 5 nitrogen and oxygen atoms in total. The van der Waals surface area contributed by atoms with Gasteiger partial charge in [-0.15, -0.1) is 0 Å². The SMILES string of the molecule is CC.CC.CCOC(=O)NC(CCc1ccccc1)C(=O)C1=CCC=C(Cl)C(OC)=C1. The van der Waals surface area contributed by atoms with Crippen molar-refractivity contribution in [3.05, 3.63) is 70.5 Å². The number of ketones is 1. The summed E-state index contributed by atoms with van der Waals surface area (Å²) in [7, 11) is 1.50. The van der Waals surface area contributed by atoms with E-state index in [1.165, 1.54) is 7.11 Å². The minimum Gasteiger partial charge on any atom is -0.495 e. The van der Waals surface area contributed by atoms with Crippen LogP contribution in [0, 0.1) is 0 Å². The van der Waals surface area contributed by atoms with Crippen molar-refractivity contribution in [1.29, 1.82) is 0 Å². The average Bonchev–Trinajstić information content (AvgIpc) is 3.00. The molecule has 31 heavy (non-hydrogen) atoms. The van der Waals surface area contributed by atoms with E-state index in [1.54, 1.807) is 25.2 Å². The molecule has 172 valence electrons. The van der Waals surface area contributed by atoms with Crippen molar-refractivity contribution in [3.63, 3.8) is 0 Å². The molecule has 0 radical (unpaired) electrons. The van der Waals surface area contributed by atoms with Crippen LogP contribution < -0.4 is 5.32 Å². The summed E-state index contributed by atoms with van der Waals surface area (Å²) in [6.07, 6.45) is 6.16. The summed E-state index contributed by atoms with van der Waals surface area (Å²) < 4.78 is 10.2. The van der Waals surface area contributed by atoms with Crippen LogP contribution in [0.4, 0.5) is 4.79 Å². The van der Waals surface area contributed by atoms with E-state index in [1.807, 2.05) is 58.0 Å². The molecule has 0 spiro atoms. The number of ether oxygens (including phenoxy) is 2. The summed E-state index contributed by atoms with van der Waals surface area (Å²) in [6, 6.07) is 9.10. The maximum atomic E-state index is 13.1. The number of Topliss-reactive ketones (excluding diaryl/α,β-unsaturated/α-hetero) is 1. The third-order valence-corrected chi connectivity index (χ3v) is 4.45. The number of nitrogens with one attached hydrogen (secondary N) is 1. The standard InChI is InChI=1S/C21H24ClNO4.2C2H6/c1-3-27-21(25)23-18(13-12-15-8-5-4-6-9-15)20(24)16-10-7-11-17(22)19(14-16)26-2;2*1-2/h4-6,8-11,14,18H,3,7,12-13H2,1-2H3,(H,23,25);2*1-2H3. The molecule has 0 aliphatic heterocycles. The molecule has 1 unspecified atom stereocenters. The van der Waals surface area contributed by atoms with Crippen LogP contribution in [0.15, 0.2) is 64.9 Å². The van der Waals surface area contributed by atoms with Crippen LogP contribution in [0.5, 0.6) is 0 Å². The lowest BCUT2D eigenvalue weighted by molar-refractivity contribution is -0.117. The lowest BCUT2D eigenvalue weighted by Crippen LogP contribution is -2.42. The van der Waals surface area contributed by atoms with Gasteiger partial charge in [0, 0.05) is 5.57 Å². The van der Waals surface area contributed by atoms with Crippen LogP contribution in [0.25, 0.3) is 0 Å². The maximum Gasteiger partial charge on any atom is 0.407 e. The van der Waals surface area contributed by atoms with Gasteiger partial charge in [-0.1, -0.05) is 81.8 Å². The molecule has 2 rings (SSSR count). The lowest BCUT2D eigenvalue weighted by atomic mass is 9.97. The second-order valence-corrected chi connectivity index (χ2v) is 6.37. The van der Waals surface area contributed by atoms with Gasteiger partial charge in [0.1, 0.15) is 5.76 Å². The zero-order valence-electron chi connectivity index (χ0n) is 19.5. The fourth-order valence-corrected chi connectivity index (χ4v) is 2.95. The van der Waals surface area contributed by atoms with E-state index in [0.29, 0.717) is 35.6 Å². The first-order chi connectivity index (χ1) is 15.0. The highest BCUT2D eigenvalue weighted by Gasteiger charge is 2.25. The predicted molar refractivity (Wildman–Crippen MR) is 128 cm³/mol. The monoisotopic (exact) mass is 449 g/mol. The molecular weight excluding hydrogens is 414 g/mol. The largest absolute Gasteiger partial charge is 0.495 e. The molecule has 0 heterocycles. The molecule has 1 atom stereocenters. The van der Waals surface area contributed by atoms with Crippen molar-refractivity contribution in [3.8, 4) is 0 Å². The highest BCUT2D eigenvalue weighted by molar-refractivity contribution is 6.31. The minimum atomic E-state index is -0.707. The predicted octanol–water partition coefficient (Wildman–Crippen LogP) is 6.34. The second-order valence-electron chi connectivity index (χ2n) is 5.97. The zero-order chi connectivity index (χ0) is 23.6. The lowest BCUT2D eigenvalue weighted by Gasteiger charge is -2.18. The van der Waals surface area contributed by atoms with Gasteiger partial charge in [-0.05, 0) is 37.8 Å². The fraction of sp³-hybridized carbons (Fsp3) is 0.440. The van der Waals surface area contributed by atoms with Crippen molar-refractivity contribution in [2.24, 2.45) is 0 Å². The Bertz CT molecular complexity index is 754. The van der Waals surface area contributed by atoms with Crippen LogP contribution in [-0.2, 0) is 20.7 Å². The summed E-state index contributed by atoms with van der Waals surface area (Å²) in [5.41, 5.74) is 1.54. The summed E-state index contributed by atoms with van der Waals surface area (Å²) >= 11 is 6.14. The number of aryl methyl sites for hydroxylation is 1. The Labute approximate surface area is 192 Å². The van der Waals surface area contributed by atoms with Gasteiger partial charge >= 0.3 is 6.09 Å². The van der Waals surface area contributed by atoms with Gasteiger partial charge in [0.15, 0.2) is 5.78 Å². The van der Waals surface area contributed by atoms with Crippen LogP contribution in [0.2, 0.25) is 0 Å². The molecule has 0 bridgehead atoms. The Kier molecular flexibility index (Phi) is 15.8. The number of benzene rings is 1. The first-order valence-corrected chi connectivity index (χ1v) is 11.3. The summed E-state index contributed by atoms with van der Waals surface area (Å²) in [6.45, 7) is 9.96. The molecule has 1 N–H and O–H groups in total. The van der Waals surface area contributed by atoms with Gasteiger partial charge in [0.05, 0.1) is 24.8 Å². The van der Waals surface area contributed by atoms with E-state index < -0.39 is 12.1 Å². The van der Waals surface area contributed by atoms with Gasteiger partial charge in [-0.25, -0.2) is 4.79 Å². The smallest absolute Gasteiger partial charge is 0.407 e. The Hall–Kier alpha value is -2.53. The number of carbonyl (C=O) groups excluding carboxylic acids is 2. The van der Waals surface area contributed by atoms with Crippen LogP contribution in [-0.4, -0.2) is 31.6 Å². The Morgan fingerprint density at radius 3 is 2.32 bits per heavy atom. The van der Waals surface area contributed by atoms with E-state index in [-0.39, 0.29) is 12.4 Å². The van der Waals surface area contributed by atoms with Crippen molar-refractivity contribution in [1.82, 2.24) is 5.32 Å². The summed E-state index contributed by atoms with van der Waals surface area (Å²) in [5.74, 6) is 0.222. The number of hydrogen-bond acceptors (Lipinski definition) is 4. The van der Waals surface area contributed by atoms with E-state index in [4.69, 9.17) is 21.1 Å². The highest BCUT2D eigenvalue weighted by atomic mass is 35.5. The maximum absolute atomic E-state index is 13.1. The number of allylic oxidation sites excluding steroid dienone is 4. The quantitative estimate of drug-likeness (QED) is 0.503. The topological polar surface area (TPSA) is 64.6 Å². The average molecular weight is 450 g/mol. The number of halogens is 1. The number of alkyl carbamates (subject to hydrolysis) is 1. The molecule has 0 saturated carbocycles. The molecule has 0 aromatic heterocycles. The number of methoxy groups -OCH3 is 1. The van der Waals surface area contributed by atoms with Gasteiger partial charge in [-0.2, -0.15) is 0 Å². The molecule has 1 aromatic rings. The van der Waals surface area contributed by atoms with Gasteiger partial charge < -0.3 is 14.8 Å². The molecule has 0 fully saturated rings. The minimum absolute atomic E-state index is 0.201. The van der Waals surface area contributed by atoms with E-state index in [0.717, 1.165) is 5.56 Å². The number of carbonyl (C=O) groups is 2. The Morgan fingerprint density at radius 2 is 1.74 bits per heavy atom. The molecule has 0 saturated heterocycles. The van der Waals surface area contributed by atoms with Crippen molar-refractivity contribution in [2.75, 3.05) is 13.7 Å². The number of amides is 1. The number of rotatable bonds is 8. The van der Waals surface area contributed by atoms with Crippen molar-refractivity contribution >= 4 is 23.5 Å². The highest BCUT2D eigenvalue weighted by Crippen LogP contribution is 2.23. The zero-order valence-corrected chi connectivity index (χ0v) is 20.3. The first kappa shape index (κ1) is 28.5. The Balaban J connectivity index is 0.00000212. The van der Waals surface area contributed by atoms with Crippen molar-refractivity contribution < 1.29 is 19.1 Å². The molecule has 1 amide bonds. The van der Waals surface area contributed by atoms with E-state index in [2.05, 4.69) is 5.32 Å². The molecular formula is C25H36ClNO4. The molecule has 1 aromatic carbocycles. The van der Waals surface area contributed by atoms with Crippen molar-refractivity contribution in [2.45, 2.75) is 59.9 Å².